The Hall–Kier alpha value is -1.84. The summed E-state index contributed by atoms with van der Waals surface area (Å²) in [5.74, 6) is 0.406. The van der Waals surface area contributed by atoms with Crippen LogP contribution in [0.4, 0.5) is 0 Å². The molecular formula is C17H12ClNOS. The lowest BCUT2D eigenvalue weighted by atomic mass is 10.1. The molecule has 0 amide bonds. The first-order chi connectivity index (χ1) is 10.3. The van der Waals surface area contributed by atoms with Crippen LogP contribution >= 0.6 is 23.4 Å². The monoisotopic (exact) mass is 313 g/mol. The molecule has 1 heterocycles. The largest absolute Gasteiger partial charge is 0.293 e. The summed E-state index contributed by atoms with van der Waals surface area (Å²) in [4.78, 5) is 17.7. The van der Waals surface area contributed by atoms with Gasteiger partial charge in [0.15, 0.2) is 5.78 Å². The van der Waals surface area contributed by atoms with Crippen LogP contribution in [0, 0.1) is 0 Å². The van der Waals surface area contributed by atoms with Gasteiger partial charge in [0.1, 0.15) is 0 Å². The van der Waals surface area contributed by atoms with Crippen molar-refractivity contribution in [2.45, 2.75) is 4.90 Å². The lowest BCUT2D eigenvalue weighted by Gasteiger charge is -2.06. The van der Waals surface area contributed by atoms with E-state index in [0.717, 1.165) is 15.8 Å². The van der Waals surface area contributed by atoms with Gasteiger partial charge >= 0.3 is 0 Å². The Kier molecular flexibility index (Phi) is 4.23. The molecule has 104 valence electrons. The second kappa shape index (κ2) is 6.29. The molecule has 0 N–H and O–H groups in total. The Morgan fingerprint density at radius 1 is 1.05 bits per heavy atom. The summed E-state index contributed by atoms with van der Waals surface area (Å²) in [6.45, 7) is 0. The smallest absolute Gasteiger partial charge is 0.175 e. The van der Waals surface area contributed by atoms with Crippen LogP contribution in [-0.2, 0) is 0 Å². The van der Waals surface area contributed by atoms with Gasteiger partial charge in [0, 0.05) is 22.0 Å². The highest BCUT2D eigenvalue weighted by Crippen LogP contribution is 2.27. The summed E-state index contributed by atoms with van der Waals surface area (Å²) in [5, 5.41) is 1.65. The van der Waals surface area contributed by atoms with E-state index in [1.807, 2.05) is 54.6 Å². The molecule has 4 heteroatoms. The number of hydrogen-bond acceptors (Lipinski definition) is 3. The molecule has 3 rings (SSSR count). The lowest BCUT2D eigenvalue weighted by molar-refractivity contribution is 0.102. The summed E-state index contributed by atoms with van der Waals surface area (Å²) < 4.78 is 0. The fraction of sp³-hybridized carbons (Fsp3) is 0.0588. The molecule has 0 aliphatic carbocycles. The predicted octanol–water partition coefficient (Wildman–Crippen LogP) is 4.86. The van der Waals surface area contributed by atoms with E-state index in [2.05, 4.69) is 4.98 Å². The Balaban J connectivity index is 1.83. The molecule has 3 aromatic rings. The summed E-state index contributed by atoms with van der Waals surface area (Å²) in [6.07, 6.45) is 1.71. The number of hydrogen-bond donors (Lipinski definition) is 0. The molecule has 0 atom stereocenters. The topological polar surface area (TPSA) is 30.0 Å². The van der Waals surface area contributed by atoms with Gasteiger partial charge in [-0.25, -0.2) is 0 Å². The molecule has 0 bridgehead atoms. The number of para-hydroxylation sites is 1. The van der Waals surface area contributed by atoms with Crippen molar-refractivity contribution in [3.05, 3.63) is 71.4 Å². The normalized spacial score (nSPS) is 10.7. The van der Waals surface area contributed by atoms with Crippen molar-refractivity contribution in [1.82, 2.24) is 4.98 Å². The fourth-order valence-corrected chi connectivity index (χ4v) is 3.23. The molecule has 0 aliphatic heterocycles. The summed E-state index contributed by atoms with van der Waals surface area (Å²) in [6, 6.07) is 17.0. The maximum Gasteiger partial charge on any atom is 0.175 e. The zero-order valence-corrected chi connectivity index (χ0v) is 12.7. The standard InChI is InChI=1S/C17H12ClNOS/c18-14-8-1-2-9-16(14)21-11-15(20)13-7-3-5-12-6-4-10-19-17(12)13/h1-10H,11H2. The van der Waals surface area contributed by atoms with Crippen LogP contribution in [0.3, 0.4) is 0 Å². The number of Topliss-reactive ketones (excluding diaryl/α,β-unsaturated/α-hetero) is 1. The molecule has 0 saturated heterocycles. The lowest BCUT2D eigenvalue weighted by Crippen LogP contribution is -2.04. The van der Waals surface area contributed by atoms with Gasteiger partial charge < -0.3 is 0 Å². The van der Waals surface area contributed by atoms with Gasteiger partial charge in [-0.3, -0.25) is 9.78 Å². The minimum atomic E-state index is 0.0595. The first-order valence-electron chi connectivity index (χ1n) is 6.50. The molecule has 2 aromatic carbocycles. The molecular weight excluding hydrogens is 302 g/mol. The highest BCUT2D eigenvalue weighted by atomic mass is 35.5. The molecule has 0 spiro atoms. The first kappa shape index (κ1) is 14.1. The maximum atomic E-state index is 12.4. The highest BCUT2D eigenvalue weighted by Gasteiger charge is 2.12. The number of carbonyl (C=O) groups excluding carboxylic acids is 1. The zero-order valence-electron chi connectivity index (χ0n) is 11.1. The van der Waals surface area contributed by atoms with Crippen LogP contribution in [0.15, 0.2) is 65.7 Å². The van der Waals surface area contributed by atoms with Crippen LogP contribution in [-0.4, -0.2) is 16.5 Å². The average molecular weight is 314 g/mol. The number of aromatic nitrogens is 1. The van der Waals surface area contributed by atoms with Crippen molar-refractivity contribution >= 4 is 40.0 Å². The van der Waals surface area contributed by atoms with Crippen molar-refractivity contribution in [3.8, 4) is 0 Å². The van der Waals surface area contributed by atoms with E-state index in [1.54, 1.807) is 6.20 Å². The summed E-state index contributed by atoms with van der Waals surface area (Å²) >= 11 is 7.55. The molecule has 0 radical (unpaired) electrons. The third kappa shape index (κ3) is 3.09. The number of thioether (sulfide) groups is 1. The number of pyridine rings is 1. The van der Waals surface area contributed by atoms with Gasteiger partial charge in [0.25, 0.3) is 0 Å². The quantitative estimate of drug-likeness (QED) is 0.509. The van der Waals surface area contributed by atoms with Gasteiger partial charge in [0.2, 0.25) is 0 Å². The second-order valence-electron chi connectivity index (χ2n) is 4.52. The van der Waals surface area contributed by atoms with Crippen molar-refractivity contribution in [1.29, 1.82) is 0 Å². The Bertz CT molecular complexity index is 798. The SMILES string of the molecule is O=C(CSc1ccccc1Cl)c1cccc2cccnc12. The fourth-order valence-electron chi connectivity index (χ4n) is 2.11. The number of fused-ring (bicyclic) bond motifs is 1. The Labute approximate surface area is 132 Å². The maximum absolute atomic E-state index is 12.4. The highest BCUT2D eigenvalue weighted by molar-refractivity contribution is 8.00. The van der Waals surface area contributed by atoms with Crippen LogP contribution in [0.1, 0.15) is 10.4 Å². The van der Waals surface area contributed by atoms with Gasteiger partial charge in [0.05, 0.1) is 16.3 Å². The number of ketones is 1. The van der Waals surface area contributed by atoms with Crippen LogP contribution in [0.2, 0.25) is 5.02 Å². The van der Waals surface area contributed by atoms with Crippen molar-refractivity contribution in [3.63, 3.8) is 0 Å². The number of rotatable bonds is 4. The first-order valence-corrected chi connectivity index (χ1v) is 7.86. The third-order valence-corrected chi connectivity index (χ3v) is 4.64. The van der Waals surface area contributed by atoms with E-state index in [-0.39, 0.29) is 5.78 Å². The number of nitrogens with zero attached hydrogens (tertiary/aromatic N) is 1. The molecule has 0 fully saturated rings. The van der Waals surface area contributed by atoms with Crippen molar-refractivity contribution in [2.75, 3.05) is 5.75 Å². The van der Waals surface area contributed by atoms with Crippen molar-refractivity contribution in [2.24, 2.45) is 0 Å². The number of carbonyl (C=O) groups is 1. The van der Waals surface area contributed by atoms with Crippen LogP contribution in [0.25, 0.3) is 10.9 Å². The van der Waals surface area contributed by atoms with Gasteiger partial charge in [-0.2, -0.15) is 0 Å². The summed E-state index contributed by atoms with van der Waals surface area (Å²) in [7, 11) is 0. The van der Waals surface area contributed by atoms with Gasteiger partial charge in [-0.1, -0.05) is 41.9 Å². The van der Waals surface area contributed by atoms with Gasteiger partial charge in [-0.15, -0.1) is 11.8 Å². The Morgan fingerprint density at radius 2 is 1.86 bits per heavy atom. The molecule has 1 aromatic heterocycles. The third-order valence-electron chi connectivity index (χ3n) is 3.13. The minimum Gasteiger partial charge on any atom is -0.293 e. The molecule has 21 heavy (non-hydrogen) atoms. The molecule has 0 aliphatic rings. The van der Waals surface area contributed by atoms with Crippen LogP contribution < -0.4 is 0 Å². The predicted molar refractivity (Wildman–Crippen MR) is 88.2 cm³/mol. The number of benzene rings is 2. The van der Waals surface area contributed by atoms with Gasteiger partial charge in [-0.05, 0) is 24.3 Å². The minimum absolute atomic E-state index is 0.0595. The average Bonchev–Trinajstić information content (AvgIpc) is 2.53. The molecule has 2 nitrogen and oxygen atoms in total. The zero-order chi connectivity index (χ0) is 14.7. The summed E-state index contributed by atoms with van der Waals surface area (Å²) in [5.41, 5.74) is 1.41. The second-order valence-corrected chi connectivity index (χ2v) is 5.95. The van der Waals surface area contributed by atoms with E-state index in [4.69, 9.17) is 11.6 Å². The van der Waals surface area contributed by atoms with E-state index in [0.29, 0.717) is 16.3 Å². The van der Waals surface area contributed by atoms with E-state index < -0.39 is 0 Å². The van der Waals surface area contributed by atoms with E-state index in [1.165, 1.54) is 11.8 Å². The number of halogens is 1. The molecule has 0 saturated carbocycles. The Morgan fingerprint density at radius 3 is 2.71 bits per heavy atom. The molecule has 0 unspecified atom stereocenters. The van der Waals surface area contributed by atoms with Crippen LogP contribution in [0.5, 0.6) is 0 Å². The van der Waals surface area contributed by atoms with Crippen molar-refractivity contribution < 1.29 is 4.79 Å². The van der Waals surface area contributed by atoms with E-state index in [9.17, 15) is 4.79 Å². The van der Waals surface area contributed by atoms with E-state index >= 15 is 0 Å².